The fourth-order valence-electron chi connectivity index (χ4n) is 18.6. The van der Waals surface area contributed by atoms with Crippen molar-refractivity contribution >= 4 is 10.1 Å². The summed E-state index contributed by atoms with van der Waals surface area (Å²) in [7, 11) is 0.782. The first-order chi connectivity index (χ1) is 40.5. The van der Waals surface area contributed by atoms with Crippen molar-refractivity contribution in [2.45, 2.75) is 370 Å². The van der Waals surface area contributed by atoms with Gasteiger partial charge in [0.1, 0.15) is 0 Å². The molecule has 4 saturated carbocycles. The second kappa shape index (κ2) is 38.8. The minimum Gasteiger partial charge on any atom is -0.328 e. The Labute approximate surface area is 528 Å². The van der Waals surface area contributed by atoms with Crippen LogP contribution in [-0.4, -0.2) is 99.2 Å². The van der Waals surface area contributed by atoms with Crippen molar-refractivity contribution in [3.8, 4) is 0 Å². The maximum absolute atomic E-state index is 12.8. The second-order valence-electron chi connectivity index (χ2n) is 30.2. The SMILES string of the molecule is CCCCCCCCCCCCCCCCCC[N+](C)(C)CCCCCCCCCCCCCCCCCC.O=S(=O)(O)C1CCCC2C3NC4NC(NC5NC(NC6NC(NC(N3)C21)C1CCCCC61)C1CCCCC51)C1CCCCC41.[Cu]. The third-order valence-electron chi connectivity index (χ3n) is 23.4. The van der Waals surface area contributed by atoms with Crippen LogP contribution in [0.4, 0.5) is 0 Å². The molecular weight excluding hydrogens is 1110 g/mol. The molecule has 1 radical (unpaired) electrons. The first-order valence-corrected chi connectivity index (χ1v) is 38.9. The van der Waals surface area contributed by atoms with E-state index in [4.69, 9.17) is 0 Å². The number of quaternary nitrogens is 1. The Kier molecular flexibility index (Phi) is 33.0. The van der Waals surface area contributed by atoms with Crippen molar-refractivity contribution in [1.29, 1.82) is 0 Å². The molecule has 5 aliphatic heterocycles. The molecule has 9 N–H and O–H groups in total. The van der Waals surface area contributed by atoms with Gasteiger partial charge < -0.3 is 4.48 Å². The van der Waals surface area contributed by atoms with E-state index in [1.54, 1.807) is 0 Å². The zero-order valence-electron chi connectivity index (χ0n) is 54.9. The fraction of sp³-hybridized carbons (Fsp3) is 1.00. The number of fused-ring (bicyclic) bond motifs is 20. The Morgan fingerprint density at radius 2 is 0.524 bits per heavy atom. The zero-order valence-corrected chi connectivity index (χ0v) is 56.6. The maximum atomic E-state index is 12.8. The van der Waals surface area contributed by atoms with Gasteiger partial charge in [-0.1, -0.05) is 239 Å². The number of hydrogen-bond donors (Lipinski definition) is 9. The van der Waals surface area contributed by atoms with Crippen molar-refractivity contribution in [2.75, 3.05) is 27.2 Å². The van der Waals surface area contributed by atoms with Crippen LogP contribution >= 0.6 is 0 Å². The number of nitrogens with one attached hydrogen (secondary N) is 8. The molecule has 8 bridgehead atoms. The van der Waals surface area contributed by atoms with E-state index in [2.05, 4.69) is 70.5 Å². The van der Waals surface area contributed by atoms with Crippen LogP contribution in [0.5, 0.6) is 0 Å². The quantitative estimate of drug-likeness (QED) is 0.0129. The Morgan fingerprint density at radius 1 is 0.310 bits per heavy atom. The van der Waals surface area contributed by atoms with Crippen molar-refractivity contribution in [2.24, 2.45) is 47.3 Å². The molecule has 5 saturated heterocycles. The molecule has 9 fully saturated rings. The summed E-state index contributed by atoms with van der Waals surface area (Å²) in [6, 6.07) is 0. The molecule has 0 aromatic rings. The predicted octanol–water partition coefficient (Wildman–Crippen LogP) is 15.1. The van der Waals surface area contributed by atoms with E-state index in [1.807, 2.05) is 0 Å². The average molecular weight is 1250 g/mol. The maximum Gasteiger partial charge on any atom is 0.268 e. The van der Waals surface area contributed by atoms with Crippen molar-refractivity contribution in [3.63, 3.8) is 0 Å². The molecule has 84 heavy (non-hydrogen) atoms. The first-order valence-electron chi connectivity index (χ1n) is 37.4. The molecule has 4 aliphatic carbocycles. The van der Waals surface area contributed by atoms with E-state index in [9.17, 15) is 13.0 Å². The first kappa shape index (κ1) is 71.5. The van der Waals surface area contributed by atoms with Gasteiger partial charge >= 0.3 is 0 Å². The molecule has 14 heteroatoms. The summed E-state index contributed by atoms with van der Waals surface area (Å²) < 4.78 is 37.4. The molecule has 17 atom stereocenters. The van der Waals surface area contributed by atoms with Gasteiger partial charge in [-0.3, -0.25) is 47.1 Å². The van der Waals surface area contributed by atoms with Gasteiger partial charge in [0.15, 0.2) is 0 Å². The van der Waals surface area contributed by atoms with E-state index in [0.717, 1.165) is 12.8 Å². The van der Waals surface area contributed by atoms with E-state index in [1.165, 1.54) is 300 Å². The van der Waals surface area contributed by atoms with Gasteiger partial charge in [-0.05, 0) is 118 Å². The molecular formula is C70H136CuN9O3S+. The minimum atomic E-state index is -4.16. The second-order valence-corrected chi connectivity index (χ2v) is 31.8. The van der Waals surface area contributed by atoms with Gasteiger partial charge in [0.2, 0.25) is 0 Å². The van der Waals surface area contributed by atoms with Gasteiger partial charge in [0, 0.05) is 23.0 Å². The predicted molar refractivity (Wildman–Crippen MR) is 349 cm³/mol. The van der Waals surface area contributed by atoms with Crippen LogP contribution in [0.1, 0.15) is 316 Å². The molecule has 17 unspecified atom stereocenters. The van der Waals surface area contributed by atoms with Gasteiger partial charge in [-0.15, -0.1) is 0 Å². The summed E-state index contributed by atoms with van der Waals surface area (Å²) in [6.45, 7) is 7.39. The van der Waals surface area contributed by atoms with Crippen LogP contribution in [0, 0.1) is 47.3 Å². The number of nitrogens with zero attached hydrogens (tertiary/aromatic N) is 1. The molecule has 9 aliphatic rings. The van der Waals surface area contributed by atoms with Crippen LogP contribution in [0.3, 0.4) is 0 Å². The monoisotopic (exact) mass is 1250 g/mol. The molecule has 5 heterocycles. The Balaban J connectivity index is 0.000000241. The summed E-state index contributed by atoms with van der Waals surface area (Å²) >= 11 is 0. The number of unbranched alkanes of at least 4 members (excludes halogenated alkanes) is 30. The molecule has 9 rings (SSSR count). The van der Waals surface area contributed by atoms with Gasteiger partial charge in [0.05, 0.1) is 81.8 Å². The molecule has 495 valence electrons. The van der Waals surface area contributed by atoms with Crippen molar-refractivity contribution < 1.29 is 34.5 Å². The number of hydrogen-bond acceptors (Lipinski definition) is 10. The molecule has 12 nitrogen and oxygen atoms in total. The summed E-state index contributed by atoms with van der Waals surface area (Å²) in [6.07, 6.45) is 65.8. The normalized spacial score (nSPS) is 34.7. The third-order valence-corrected chi connectivity index (χ3v) is 24.8. The summed E-state index contributed by atoms with van der Waals surface area (Å²) in [5, 5.41) is 31.8. The Bertz CT molecular complexity index is 1810. The summed E-state index contributed by atoms with van der Waals surface area (Å²) in [5.41, 5.74) is 0. The number of rotatable bonds is 35. The van der Waals surface area contributed by atoms with Crippen LogP contribution in [0.2, 0.25) is 0 Å². The largest absolute Gasteiger partial charge is 0.328 e. The molecule has 0 amide bonds. The topological polar surface area (TPSA) is 151 Å². The van der Waals surface area contributed by atoms with Crippen molar-refractivity contribution in [3.05, 3.63) is 0 Å². The zero-order chi connectivity index (χ0) is 58.1. The minimum absolute atomic E-state index is 0. The summed E-state index contributed by atoms with van der Waals surface area (Å²) in [5.74, 6) is 3.50. The van der Waals surface area contributed by atoms with Crippen LogP contribution in [0.15, 0.2) is 0 Å². The fourth-order valence-corrected chi connectivity index (χ4v) is 19.9. The molecule has 0 aromatic heterocycles. The van der Waals surface area contributed by atoms with Crippen LogP contribution < -0.4 is 42.5 Å². The standard InChI is InChI=1S/C38H80N.C32H56N8O3S.Cu/c1-5-7-9-11-13-15-17-19-21-23-25-27-29-31-33-35-37-39(3,4)38-36-34-32-30-28-26-24-22-20-18-16-14-12-10-8-6-2;41-44(42,43)23-15-7-14-22-24(23)32-39-30-21-13-6-5-12-20(21)28(37-30)35-26-17-9-2-1-8-16(17)25(33-26)34-27-18-10-3-4-11-19(18)29(36-27)38-31(22)40-32;/h5-38H2,1-4H3;16-40H,1-15H2,(H,41,42,43);/q+1;;. The van der Waals surface area contributed by atoms with E-state index < -0.39 is 15.4 Å². The summed E-state index contributed by atoms with van der Waals surface area (Å²) in [4.78, 5) is 0. The molecule has 0 spiro atoms. The van der Waals surface area contributed by atoms with Crippen LogP contribution in [0.25, 0.3) is 0 Å². The Morgan fingerprint density at radius 3 is 0.774 bits per heavy atom. The van der Waals surface area contributed by atoms with Gasteiger partial charge in [0.25, 0.3) is 10.1 Å². The average Bonchev–Trinajstić information content (AvgIpc) is 4.28. The van der Waals surface area contributed by atoms with Gasteiger partial charge in [-0.25, -0.2) is 0 Å². The van der Waals surface area contributed by atoms with Crippen LogP contribution in [-0.2, 0) is 27.2 Å². The molecule has 0 aromatic carbocycles. The smallest absolute Gasteiger partial charge is 0.268 e. The van der Waals surface area contributed by atoms with E-state index in [-0.39, 0.29) is 65.9 Å². The van der Waals surface area contributed by atoms with Gasteiger partial charge in [-0.2, -0.15) is 8.42 Å². The van der Waals surface area contributed by atoms with Crippen molar-refractivity contribution in [1.82, 2.24) is 42.5 Å². The Hall–Kier alpha value is 0.0695. The van der Waals surface area contributed by atoms with E-state index in [0.29, 0.717) is 54.3 Å². The third kappa shape index (κ3) is 22.4. The van der Waals surface area contributed by atoms with E-state index >= 15 is 0 Å².